The van der Waals surface area contributed by atoms with Gasteiger partial charge in [-0.05, 0) is 19.1 Å². The van der Waals surface area contributed by atoms with Gasteiger partial charge in [0.1, 0.15) is 10.8 Å². The van der Waals surface area contributed by atoms with E-state index in [1.54, 1.807) is 12.3 Å². The van der Waals surface area contributed by atoms with Gasteiger partial charge in [-0.1, -0.05) is 16.9 Å². The number of hydrogen-bond donors (Lipinski definition) is 2. The minimum Gasteiger partial charge on any atom is -0.468 e. The minimum absolute atomic E-state index is 0.00329. The van der Waals surface area contributed by atoms with E-state index in [-0.39, 0.29) is 5.84 Å². The molecule has 17 heavy (non-hydrogen) atoms. The van der Waals surface area contributed by atoms with E-state index in [0.29, 0.717) is 10.6 Å². The van der Waals surface area contributed by atoms with Crippen LogP contribution in [0.25, 0.3) is 0 Å². The van der Waals surface area contributed by atoms with Crippen LogP contribution in [0.1, 0.15) is 11.3 Å². The van der Waals surface area contributed by atoms with Crippen molar-refractivity contribution in [1.82, 2.24) is 10.2 Å². The standard InChI is InChI=1S/C10H10N4O2S/c1-6-8(3-5-16-6)17-10-7(9(11)14-15)2-4-12-13-10/h2-5,15H,1H3,(H2,11,14). The van der Waals surface area contributed by atoms with Crippen LogP contribution in [0.4, 0.5) is 0 Å². The van der Waals surface area contributed by atoms with E-state index in [0.717, 1.165) is 10.7 Å². The number of nitrogens with zero attached hydrogens (tertiary/aromatic N) is 3. The summed E-state index contributed by atoms with van der Waals surface area (Å²) in [5.41, 5.74) is 6.09. The molecular formula is C10H10N4O2S. The van der Waals surface area contributed by atoms with Gasteiger partial charge in [-0.3, -0.25) is 0 Å². The van der Waals surface area contributed by atoms with E-state index in [2.05, 4.69) is 15.4 Å². The van der Waals surface area contributed by atoms with Gasteiger partial charge in [0.15, 0.2) is 5.84 Å². The molecule has 3 N–H and O–H groups in total. The van der Waals surface area contributed by atoms with Gasteiger partial charge in [0.05, 0.1) is 22.9 Å². The molecule has 0 unspecified atom stereocenters. The first kappa shape index (κ1) is 11.5. The monoisotopic (exact) mass is 250 g/mol. The Bertz CT molecular complexity index is 553. The van der Waals surface area contributed by atoms with Crippen LogP contribution in [-0.2, 0) is 0 Å². The van der Waals surface area contributed by atoms with Gasteiger partial charge in [-0.15, -0.1) is 5.10 Å². The molecular weight excluding hydrogens is 240 g/mol. The second-order valence-corrected chi connectivity index (χ2v) is 4.21. The van der Waals surface area contributed by atoms with E-state index in [9.17, 15) is 0 Å². The van der Waals surface area contributed by atoms with E-state index in [4.69, 9.17) is 15.4 Å². The van der Waals surface area contributed by atoms with Crippen molar-refractivity contribution in [1.29, 1.82) is 0 Å². The predicted molar refractivity (Wildman–Crippen MR) is 62.1 cm³/mol. The maximum absolute atomic E-state index is 8.68. The maximum atomic E-state index is 8.68. The number of amidine groups is 1. The Morgan fingerprint density at radius 2 is 2.35 bits per heavy atom. The highest BCUT2D eigenvalue weighted by Crippen LogP contribution is 2.31. The fourth-order valence-corrected chi connectivity index (χ4v) is 2.12. The van der Waals surface area contributed by atoms with Crippen LogP contribution in [0.15, 0.2) is 44.1 Å². The topological polar surface area (TPSA) is 97.5 Å². The summed E-state index contributed by atoms with van der Waals surface area (Å²) in [5.74, 6) is 0.787. The smallest absolute Gasteiger partial charge is 0.172 e. The van der Waals surface area contributed by atoms with Crippen LogP contribution in [-0.4, -0.2) is 21.2 Å². The Hall–Kier alpha value is -2.02. The zero-order valence-electron chi connectivity index (χ0n) is 8.99. The molecule has 0 fully saturated rings. The van der Waals surface area contributed by atoms with Gasteiger partial charge in [0.2, 0.25) is 0 Å². The summed E-state index contributed by atoms with van der Waals surface area (Å²) in [4.78, 5) is 0.914. The molecule has 0 aliphatic rings. The van der Waals surface area contributed by atoms with Crippen molar-refractivity contribution >= 4 is 17.6 Å². The average molecular weight is 250 g/mol. The minimum atomic E-state index is 0.00329. The van der Waals surface area contributed by atoms with Crippen LogP contribution in [0.5, 0.6) is 0 Å². The van der Waals surface area contributed by atoms with Gasteiger partial charge in [0, 0.05) is 0 Å². The first-order valence-electron chi connectivity index (χ1n) is 4.74. The second-order valence-electron chi connectivity index (χ2n) is 3.18. The predicted octanol–water partition coefficient (Wildman–Crippen LogP) is 1.62. The first-order chi connectivity index (χ1) is 8.22. The van der Waals surface area contributed by atoms with Crippen LogP contribution < -0.4 is 5.73 Å². The van der Waals surface area contributed by atoms with Crippen LogP contribution in [0.2, 0.25) is 0 Å². The normalized spacial score (nSPS) is 11.7. The maximum Gasteiger partial charge on any atom is 0.172 e. The lowest BCUT2D eigenvalue weighted by Crippen LogP contribution is -2.15. The van der Waals surface area contributed by atoms with Gasteiger partial charge in [-0.2, -0.15) is 5.10 Å². The van der Waals surface area contributed by atoms with Crippen LogP contribution >= 0.6 is 11.8 Å². The molecule has 88 valence electrons. The summed E-state index contributed by atoms with van der Waals surface area (Å²) < 4.78 is 5.18. The molecule has 2 heterocycles. The van der Waals surface area contributed by atoms with E-state index in [1.807, 2.05) is 13.0 Å². The lowest BCUT2D eigenvalue weighted by Gasteiger charge is -2.04. The summed E-state index contributed by atoms with van der Waals surface area (Å²) >= 11 is 1.35. The Balaban J connectivity index is 2.36. The molecule has 0 aliphatic carbocycles. The summed E-state index contributed by atoms with van der Waals surface area (Å²) in [6.07, 6.45) is 3.08. The fraction of sp³-hybridized carbons (Fsp3) is 0.100. The Morgan fingerprint density at radius 1 is 1.53 bits per heavy atom. The van der Waals surface area contributed by atoms with Crippen molar-refractivity contribution in [3.63, 3.8) is 0 Å². The molecule has 0 atom stereocenters. The molecule has 2 aromatic rings. The summed E-state index contributed by atoms with van der Waals surface area (Å²) in [7, 11) is 0. The third-order valence-corrected chi connectivity index (χ3v) is 3.23. The zero-order chi connectivity index (χ0) is 12.3. The third kappa shape index (κ3) is 2.39. The number of nitrogens with two attached hydrogens (primary N) is 1. The van der Waals surface area contributed by atoms with Crippen molar-refractivity contribution in [2.75, 3.05) is 0 Å². The Labute approximate surface area is 102 Å². The van der Waals surface area contributed by atoms with E-state index >= 15 is 0 Å². The van der Waals surface area contributed by atoms with Gasteiger partial charge in [-0.25, -0.2) is 0 Å². The summed E-state index contributed by atoms with van der Waals surface area (Å²) in [6, 6.07) is 3.46. The molecule has 6 nitrogen and oxygen atoms in total. The first-order valence-corrected chi connectivity index (χ1v) is 5.55. The molecule has 0 aromatic carbocycles. The van der Waals surface area contributed by atoms with E-state index in [1.165, 1.54) is 18.0 Å². The highest BCUT2D eigenvalue weighted by Gasteiger charge is 2.12. The van der Waals surface area contributed by atoms with Crippen molar-refractivity contribution in [2.45, 2.75) is 16.8 Å². The quantitative estimate of drug-likeness (QED) is 0.372. The van der Waals surface area contributed by atoms with Gasteiger partial charge < -0.3 is 15.4 Å². The molecule has 2 rings (SSSR count). The average Bonchev–Trinajstić information content (AvgIpc) is 2.75. The molecule has 0 aliphatic heterocycles. The number of rotatable bonds is 3. The number of oxime groups is 1. The molecule has 0 spiro atoms. The fourth-order valence-electron chi connectivity index (χ4n) is 1.23. The molecule has 0 saturated heterocycles. The van der Waals surface area contributed by atoms with Crippen LogP contribution in [0.3, 0.4) is 0 Å². The number of aryl methyl sites for hydroxylation is 1. The van der Waals surface area contributed by atoms with E-state index < -0.39 is 0 Å². The van der Waals surface area contributed by atoms with Crippen molar-refractivity contribution < 1.29 is 9.62 Å². The highest BCUT2D eigenvalue weighted by atomic mass is 32.2. The zero-order valence-corrected chi connectivity index (χ0v) is 9.81. The van der Waals surface area contributed by atoms with Crippen molar-refractivity contribution in [2.24, 2.45) is 10.9 Å². The molecule has 0 bridgehead atoms. The number of furan rings is 1. The SMILES string of the molecule is Cc1occc1Sc1nnccc1/C(N)=N/O. The Morgan fingerprint density at radius 3 is 3.00 bits per heavy atom. The lowest BCUT2D eigenvalue weighted by molar-refractivity contribution is 0.318. The largest absolute Gasteiger partial charge is 0.468 e. The molecule has 0 radical (unpaired) electrons. The van der Waals surface area contributed by atoms with Gasteiger partial charge in [0.25, 0.3) is 0 Å². The Kier molecular flexibility index (Phi) is 3.29. The molecule has 0 saturated carbocycles. The van der Waals surface area contributed by atoms with Gasteiger partial charge >= 0.3 is 0 Å². The highest BCUT2D eigenvalue weighted by molar-refractivity contribution is 7.99. The van der Waals surface area contributed by atoms with Crippen LogP contribution in [0, 0.1) is 6.92 Å². The molecule has 0 amide bonds. The third-order valence-electron chi connectivity index (χ3n) is 2.09. The number of aromatic nitrogens is 2. The second kappa shape index (κ2) is 4.88. The summed E-state index contributed by atoms with van der Waals surface area (Å²) in [5, 5.41) is 19.9. The van der Waals surface area contributed by atoms with Crippen molar-refractivity contribution in [3.05, 3.63) is 35.9 Å². The summed E-state index contributed by atoms with van der Waals surface area (Å²) in [6.45, 7) is 1.85. The molecule has 2 aromatic heterocycles. The lowest BCUT2D eigenvalue weighted by atomic mass is 10.3. The number of hydrogen-bond acceptors (Lipinski definition) is 6. The molecule has 7 heteroatoms. The van der Waals surface area contributed by atoms with Crippen molar-refractivity contribution in [3.8, 4) is 0 Å².